The van der Waals surface area contributed by atoms with Crippen LogP contribution in [-0.4, -0.2) is 37.6 Å². The van der Waals surface area contributed by atoms with Crippen molar-refractivity contribution in [2.24, 2.45) is 0 Å². The second-order valence-corrected chi connectivity index (χ2v) is 7.97. The van der Waals surface area contributed by atoms with Gasteiger partial charge in [-0.3, -0.25) is 4.90 Å². The van der Waals surface area contributed by atoms with Gasteiger partial charge in [-0.15, -0.1) is 0 Å². The summed E-state index contributed by atoms with van der Waals surface area (Å²) in [5.41, 5.74) is 5.61. The highest BCUT2D eigenvalue weighted by Crippen LogP contribution is 2.42. The Balaban J connectivity index is 2.11. The van der Waals surface area contributed by atoms with Gasteiger partial charge >= 0.3 is 0 Å². The maximum absolute atomic E-state index is 12.8. The minimum atomic E-state index is -3.82. The number of sulfone groups is 1. The summed E-state index contributed by atoms with van der Waals surface area (Å²) in [6.45, 7) is 0. The number of rotatable bonds is 2. The van der Waals surface area contributed by atoms with E-state index < -0.39 is 15.6 Å². The van der Waals surface area contributed by atoms with Crippen molar-refractivity contribution in [2.75, 3.05) is 12.8 Å². The topological polar surface area (TPSA) is 83.6 Å². The maximum Gasteiger partial charge on any atom is 0.207 e. The van der Waals surface area contributed by atoms with Crippen LogP contribution in [0.15, 0.2) is 28.0 Å². The highest BCUT2D eigenvalue weighted by atomic mass is 35.5. The molecule has 2 aliphatic heterocycles. The number of aromatic hydroxyl groups is 1. The summed E-state index contributed by atoms with van der Waals surface area (Å²) < 4.78 is 25.6. The molecule has 2 bridgehead atoms. The quantitative estimate of drug-likeness (QED) is 0.642. The van der Waals surface area contributed by atoms with E-state index in [4.69, 9.17) is 17.3 Å². The third-order valence-corrected chi connectivity index (χ3v) is 6.81. The molecule has 5 nitrogen and oxygen atoms in total. The fourth-order valence-corrected chi connectivity index (χ4v) is 5.32. The number of nitrogen functional groups attached to an aromatic ring is 1. The predicted octanol–water partition coefficient (Wildman–Crippen LogP) is 2.15. The molecule has 0 saturated carbocycles. The molecule has 0 amide bonds. The second-order valence-electron chi connectivity index (χ2n) is 5.62. The van der Waals surface area contributed by atoms with Crippen molar-refractivity contribution >= 4 is 27.1 Å². The predicted molar refractivity (Wildman–Crippen MR) is 82.0 cm³/mol. The lowest BCUT2D eigenvalue weighted by molar-refractivity contribution is 0.258. The zero-order valence-corrected chi connectivity index (χ0v) is 13.2. The molecule has 1 aromatic carbocycles. The zero-order chi connectivity index (χ0) is 15.4. The SMILES string of the molecule is CN1C2CC[C@@H]1C=C(S(=O)(=O)c1c(Cl)ccc(N)c1O)C2. The molecular weight excluding hydrogens is 312 g/mol. The Morgan fingerprint density at radius 1 is 1.38 bits per heavy atom. The lowest BCUT2D eigenvalue weighted by Crippen LogP contribution is -2.36. The van der Waals surface area contributed by atoms with E-state index in [1.165, 1.54) is 12.1 Å². The number of fused-ring (bicyclic) bond motifs is 2. The molecule has 3 N–H and O–H groups in total. The smallest absolute Gasteiger partial charge is 0.207 e. The molecule has 1 fully saturated rings. The molecular formula is C14H17ClN2O3S. The molecule has 0 aliphatic carbocycles. The van der Waals surface area contributed by atoms with E-state index in [0.29, 0.717) is 11.3 Å². The third-order valence-electron chi connectivity index (χ3n) is 4.44. The van der Waals surface area contributed by atoms with Gasteiger partial charge in [0.1, 0.15) is 4.90 Å². The maximum atomic E-state index is 12.8. The Labute approximate surface area is 128 Å². The molecule has 2 heterocycles. The summed E-state index contributed by atoms with van der Waals surface area (Å²) in [7, 11) is -1.82. The van der Waals surface area contributed by atoms with Crippen molar-refractivity contribution in [1.82, 2.24) is 4.90 Å². The van der Waals surface area contributed by atoms with Gasteiger partial charge in [0.15, 0.2) is 5.75 Å². The Morgan fingerprint density at radius 2 is 2.10 bits per heavy atom. The molecule has 3 rings (SSSR count). The van der Waals surface area contributed by atoms with E-state index in [0.717, 1.165) is 12.8 Å². The van der Waals surface area contributed by atoms with E-state index in [2.05, 4.69) is 4.90 Å². The average Bonchev–Trinajstić information content (AvgIpc) is 2.65. The Bertz CT molecular complexity index is 730. The van der Waals surface area contributed by atoms with Crippen molar-refractivity contribution in [1.29, 1.82) is 0 Å². The number of hydrogen-bond donors (Lipinski definition) is 2. The minimum absolute atomic E-state index is 0.00567. The van der Waals surface area contributed by atoms with E-state index in [1.807, 2.05) is 7.05 Å². The molecule has 0 spiro atoms. The minimum Gasteiger partial charge on any atom is -0.504 e. The molecule has 21 heavy (non-hydrogen) atoms. The second kappa shape index (κ2) is 4.90. The molecule has 1 aromatic rings. The van der Waals surface area contributed by atoms with Gasteiger partial charge in [-0.25, -0.2) is 8.42 Å². The molecule has 0 aromatic heterocycles. The van der Waals surface area contributed by atoms with E-state index in [-0.39, 0.29) is 27.7 Å². The molecule has 1 unspecified atom stereocenters. The van der Waals surface area contributed by atoms with Crippen molar-refractivity contribution in [3.63, 3.8) is 0 Å². The molecule has 1 saturated heterocycles. The summed E-state index contributed by atoms with van der Waals surface area (Å²) in [5, 5.41) is 10.0. The number of phenolic OH excluding ortho intramolecular Hbond substituents is 1. The first-order valence-electron chi connectivity index (χ1n) is 6.77. The number of phenols is 1. The van der Waals surface area contributed by atoms with E-state index in [9.17, 15) is 13.5 Å². The van der Waals surface area contributed by atoms with Gasteiger partial charge in [0.05, 0.1) is 10.7 Å². The van der Waals surface area contributed by atoms with Crippen LogP contribution >= 0.6 is 11.6 Å². The summed E-state index contributed by atoms with van der Waals surface area (Å²) in [6, 6.07) is 3.15. The average molecular weight is 329 g/mol. The highest BCUT2D eigenvalue weighted by Gasteiger charge is 2.39. The van der Waals surface area contributed by atoms with Gasteiger partial charge < -0.3 is 10.8 Å². The number of likely N-dealkylation sites (N-methyl/N-ethyl adjacent to an activating group) is 1. The Hall–Kier alpha value is -1.24. The molecule has 2 aliphatic rings. The van der Waals surface area contributed by atoms with Crippen LogP contribution in [0.5, 0.6) is 5.75 Å². The number of anilines is 1. The van der Waals surface area contributed by atoms with Crippen LogP contribution in [0.25, 0.3) is 0 Å². The van der Waals surface area contributed by atoms with Crippen LogP contribution < -0.4 is 5.73 Å². The van der Waals surface area contributed by atoms with Crippen LogP contribution in [0, 0.1) is 0 Å². The van der Waals surface area contributed by atoms with Gasteiger partial charge in [0.25, 0.3) is 0 Å². The molecule has 114 valence electrons. The molecule has 7 heteroatoms. The first-order valence-corrected chi connectivity index (χ1v) is 8.63. The monoisotopic (exact) mass is 328 g/mol. The molecule has 0 radical (unpaired) electrons. The number of hydrogen-bond acceptors (Lipinski definition) is 5. The largest absolute Gasteiger partial charge is 0.504 e. The molecule has 2 atom stereocenters. The lowest BCUT2D eigenvalue weighted by atomic mass is 10.1. The van der Waals surface area contributed by atoms with Gasteiger partial charge in [-0.2, -0.15) is 0 Å². The standard InChI is InChI=1S/C14H17ClN2O3S/c1-17-8-2-3-9(17)7-10(6-8)21(19,20)14-11(15)4-5-12(16)13(14)18/h4-6,8-9,18H,2-3,7,16H2,1H3/t8-,9?/m1/s1. The van der Waals surface area contributed by atoms with Crippen molar-refractivity contribution in [3.8, 4) is 5.75 Å². The van der Waals surface area contributed by atoms with Gasteiger partial charge in [-0.05, 0) is 38.4 Å². The van der Waals surface area contributed by atoms with Crippen molar-refractivity contribution in [3.05, 3.63) is 28.1 Å². The van der Waals surface area contributed by atoms with Crippen LogP contribution in [-0.2, 0) is 9.84 Å². The lowest BCUT2D eigenvalue weighted by Gasteiger charge is -2.30. The fraction of sp³-hybridized carbons (Fsp3) is 0.429. The third kappa shape index (κ3) is 2.22. The van der Waals surface area contributed by atoms with Crippen LogP contribution in [0.4, 0.5) is 5.69 Å². The first-order chi connectivity index (χ1) is 9.82. The Morgan fingerprint density at radius 3 is 2.76 bits per heavy atom. The summed E-state index contributed by atoms with van der Waals surface area (Å²) in [6.07, 6.45) is 4.15. The van der Waals surface area contributed by atoms with Crippen molar-refractivity contribution < 1.29 is 13.5 Å². The van der Waals surface area contributed by atoms with Crippen LogP contribution in [0.3, 0.4) is 0 Å². The summed E-state index contributed by atoms with van der Waals surface area (Å²) >= 11 is 5.99. The number of nitrogens with two attached hydrogens (primary N) is 1. The van der Waals surface area contributed by atoms with Gasteiger partial charge in [0, 0.05) is 17.0 Å². The highest BCUT2D eigenvalue weighted by molar-refractivity contribution is 7.95. The number of benzene rings is 1. The first kappa shape index (κ1) is 14.7. The van der Waals surface area contributed by atoms with E-state index in [1.54, 1.807) is 6.08 Å². The number of halogens is 1. The summed E-state index contributed by atoms with van der Waals surface area (Å²) in [4.78, 5) is 2.25. The normalized spacial score (nSPS) is 25.9. The zero-order valence-electron chi connectivity index (χ0n) is 11.6. The van der Waals surface area contributed by atoms with E-state index >= 15 is 0 Å². The summed E-state index contributed by atoms with van der Waals surface area (Å²) in [5.74, 6) is -0.463. The Kier molecular flexibility index (Phi) is 3.43. The number of nitrogens with zero attached hydrogens (tertiary/aromatic N) is 1. The van der Waals surface area contributed by atoms with Gasteiger partial charge in [-0.1, -0.05) is 17.7 Å². The van der Waals surface area contributed by atoms with Crippen molar-refractivity contribution in [2.45, 2.75) is 36.2 Å². The fourth-order valence-electron chi connectivity index (χ4n) is 3.15. The van der Waals surface area contributed by atoms with Crippen LogP contribution in [0.2, 0.25) is 5.02 Å². The van der Waals surface area contributed by atoms with Gasteiger partial charge in [0.2, 0.25) is 9.84 Å². The van der Waals surface area contributed by atoms with Crippen LogP contribution in [0.1, 0.15) is 19.3 Å².